The average molecular weight is 260 g/mol. The van der Waals surface area contributed by atoms with Gasteiger partial charge in [-0.2, -0.15) is 0 Å². The van der Waals surface area contributed by atoms with Crippen LogP contribution < -0.4 is 0 Å². The molecule has 0 radical (unpaired) electrons. The van der Waals surface area contributed by atoms with E-state index in [1.807, 2.05) is 0 Å². The maximum atomic E-state index is 13.3. The van der Waals surface area contributed by atoms with Crippen LogP contribution in [-0.4, -0.2) is 11.2 Å². The van der Waals surface area contributed by atoms with Crippen LogP contribution in [0.25, 0.3) is 0 Å². The molecule has 5 heteroatoms. The zero-order valence-corrected chi connectivity index (χ0v) is 8.93. The van der Waals surface area contributed by atoms with Crippen LogP contribution in [0.3, 0.4) is 0 Å². The molecule has 1 rings (SSSR count). The first-order chi connectivity index (χ1) is 6.57. The van der Waals surface area contributed by atoms with Crippen LogP contribution in [-0.2, 0) is 11.3 Å². The lowest BCUT2D eigenvalue weighted by atomic mass is 10.1. The van der Waals surface area contributed by atoms with Gasteiger partial charge >= 0.3 is 0 Å². The van der Waals surface area contributed by atoms with Crippen molar-refractivity contribution in [3.05, 3.63) is 27.5 Å². The second kappa shape index (κ2) is 4.35. The van der Waals surface area contributed by atoms with Crippen LogP contribution in [0.4, 0.5) is 4.39 Å². The summed E-state index contributed by atoms with van der Waals surface area (Å²) in [6.45, 7) is 1.59. The molecule has 0 aliphatic rings. The number of carbonyl (C=O) groups excluding carboxylic acids is 1. The number of phenols is 1. The third-order valence-electron chi connectivity index (χ3n) is 1.75. The molecule has 0 atom stereocenters. The minimum Gasteiger partial charge on any atom is -0.504 e. The minimum atomic E-state index is -0.763. The van der Waals surface area contributed by atoms with Gasteiger partial charge in [0.05, 0.1) is 11.0 Å². The third kappa shape index (κ3) is 2.00. The van der Waals surface area contributed by atoms with E-state index in [4.69, 9.17) is 0 Å². The zero-order chi connectivity index (χ0) is 10.7. The number of phenolic OH excluding ortho intramolecular Hbond substituents is 1. The summed E-state index contributed by atoms with van der Waals surface area (Å²) in [6, 6.07) is 1.51. The van der Waals surface area contributed by atoms with Crippen LogP contribution in [0, 0.1) is 12.7 Å². The fourth-order valence-electron chi connectivity index (χ4n) is 1.06. The summed E-state index contributed by atoms with van der Waals surface area (Å²) in [6.07, 6.45) is 1.31. The maximum Gasteiger partial charge on any atom is 0.235 e. The molecule has 14 heavy (non-hydrogen) atoms. The summed E-state index contributed by atoms with van der Waals surface area (Å²) >= 11 is 3.03. The Labute approximate surface area is 88.4 Å². The van der Waals surface area contributed by atoms with Crippen LogP contribution >= 0.6 is 15.9 Å². The lowest BCUT2D eigenvalue weighted by molar-refractivity contribution is 0.424. The summed E-state index contributed by atoms with van der Waals surface area (Å²) in [5.41, 5.74) is 0.853. The lowest BCUT2D eigenvalue weighted by Crippen LogP contribution is -1.92. The molecule has 0 unspecified atom stereocenters. The highest BCUT2D eigenvalue weighted by Crippen LogP contribution is 2.32. The van der Waals surface area contributed by atoms with Crippen molar-refractivity contribution < 1.29 is 14.3 Å². The molecule has 0 bridgehead atoms. The Hall–Kier alpha value is -1.19. The number of aliphatic imine (C=N–C) groups is 1. The molecular formula is C9H7BrFNO2. The van der Waals surface area contributed by atoms with Crippen LogP contribution in [0.1, 0.15) is 11.1 Å². The highest BCUT2D eigenvalue weighted by molar-refractivity contribution is 9.10. The standard InChI is InChI=1S/C9H7BrFNO2/c1-5-2-6(3-12-4-13)8(11)9(14)7(5)10/h2,14H,3H2,1H3. The van der Waals surface area contributed by atoms with Crippen molar-refractivity contribution in [3.8, 4) is 5.75 Å². The molecule has 1 N–H and O–H groups in total. The van der Waals surface area contributed by atoms with Gasteiger partial charge in [-0.3, -0.25) is 0 Å². The second-order valence-electron chi connectivity index (χ2n) is 2.74. The van der Waals surface area contributed by atoms with E-state index in [-0.39, 0.29) is 12.1 Å². The average Bonchev–Trinajstić information content (AvgIpc) is 2.18. The first-order valence-corrected chi connectivity index (χ1v) is 4.57. The highest BCUT2D eigenvalue weighted by Gasteiger charge is 2.13. The molecule has 0 fully saturated rings. The molecule has 1 aromatic carbocycles. The van der Waals surface area contributed by atoms with Crippen LogP contribution in [0.5, 0.6) is 5.75 Å². The minimum absolute atomic E-state index is 0.114. The van der Waals surface area contributed by atoms with Crippen molar-refractivity contribution in [1.82, 2.24) is 0 Å². The Bertz CT molecular complexity index is 414. The number of hydrogen-bond donors (Lipinski definition) is 1. The van der Waals surface area contributed by atoms with E-state index < -0.39 is 11.6 Å². The van der Waals surface area contributed by atoms with Crippen molar-refractivity contribution in [1.29, 1.82) is 0 Å². The number of halogens is 2. The monoisotopic (exact) mass is 259 g/mol. The Kier molecular flexibility index (Phi) is 3.38. The normalized spacial score (nSPS) is 9.64. The van der Waals surface area contributed by atoms with Gasteiger partial charge in [-0.1, -0.05) is 0 Å². The molecule has 1 aromatic rings. The number of aryl methyl sites for hydroxylation is 1. The number of benzene rings is 1. The lowest BCUT2D eigenvalue weighted by Gasteiger charge is -2.06. The number of aromatic hydroxyl groups is 1. The van der Waals surface area contributed by atoms with E-state index in [9.17, 15) is 14.3 Å². The Morgan fingerprint density at radius 1 is 1.71 bits per heavy atom. The van der Waals surface area contributed by atoms with Crippen molar-refractivity contribution >= 4 is 22.0 Å². The molecule has 0 heterocycles. The molecule has 0 amide bonds. The van der Waals surface area contributed by atoms with Gasteiger partial charge in [0.15, 0.2) is 11.6 Å². The molecule has 0 aliphatic heterocycles. The predicted octanol–water partition coefficient (Wildman–Crippen LogP) is 2.44. The predicted molar refractivity (Wildman–Crippen MR) is 52.3 cm³/mol. The molecule has 0 saturated heterocycles. The quantitative estimate of drug-likeness (QED) is 0.655. The second-order valence-corrected chi connectivity index (χ2v) is 3.53. The van der Waals surface area contributed by atoms with Gasteiger partial charge in [0, 0.05) is 5.56 Å². The summed E-state index contributed by atoms with van der Waals surface area (Å²) < 4.78 is 13.6. The van der Waals surface area contributed by atoms with E-state index >= 15 is 0 Å². The molecule has 0 aromatic heterocycles. The molecule has 3 nitrogen and oxygen atoms in total. The molecule has 0 aliphatic carbocycles. The van der Waals surface area contributed by atoms with E-state index in [2.05, 4.69) is 20.9 Å². The number of hydrogen-bond acceptors (Lipinski definition) is 3. The van der Waals surface area contributed by atoms with Crippen molar-refractivity contribution in [2.45, 2.75) is 13.5 Å². The van der Waals surface area contributed by atoms with E-state index in [1.54, 1.807) is 6.92 Å². The van der Waals surface area contributed by atoms with E-state index in [1.165, 1.54) is 12.1 Å². The number of nitrogens with zero attached hydrogens (tertiary/aromatic N) is 1. The molecule has 0 saturated carbocycles. The van der Waals surface area contributed by atoms with Gasteiger partial charge < -0.3 is 5.11 Å². The van der Waals surface area contributed by atoms with Crippen molar-refractivity contribution in [2.75, 3.05) is 0 Å². The summed E-state index contributed by atoms with van der Waals surface area (Å²) in [4.78, 5) is 13.1. The third-order valence-corrected chi connectivity index (χ3v) is 2.75. The molecular weight excluding hydrogens is 253 g/mol. The molecule has 74 valence electrons. The largest absolute Gasteiger partial charge is 0.504 e. The van der Waals surface area contributed by atoms with Gasteiger partial charge in [0.2, 0.25) is 6.08 Å². The fraction of sp³-hybridized carbons (Fsp3) is 0.222. The topological polar surface area (TPSA) is 49.7 Å². The van der Waals surface area contributed by atoms with Gasteiger partial charge in [-0.05, 0) is 34.5 Å². The van der Waals surface area contributed by atoms with E-state index in [0.29, 0.717) is 10.0 Å². The SMILES string of the molecule is Cc1cc(CN=C=O)c(F)c(O)c1Br. The first-order valence-electron chi connectivity index (χ1n) is 3.78. The maximum absolute atomic E-state index is 13.3. The first kappa shape index (κ1) is 10.9. The summed E-state index contributed by atoms with van der Waals surface area (Å²) in [7, 11) is 0. The summed E-state index contributed by atoms with van der Waals surface area (Å²) in [5.74, 6) is -1.22. The smallest absolute Gasteiger partial charge is 0.235 e. The number of isocyanates is 1. The Morgan fingerprint density at radius 3 is 2.93 bits per heavy atom. The van der Waals surface area contributed by atoms with E-state index in [0.717, 1.165) is 0 Å². The summed E-state index contributed by atoms with van der Waals surface area (Å²) in [5, 5.41) is 9.31. The van der Waals surface area contributed by atoms with Gasteiger partial charge in [0.1, 0.15) is 0 Å². The van der Waals surface area contributed by atoms with Gasteiger partial charge in [-0.15, -0.1) is 0 Å². The zero-order valence-electron chi connectivity index (χ0n) is 7.34. The Morgan fingerprint density at radius 2 is 2.36 bits per heavy atom. The van der Waals surface area contributed by atoms with Gasteiger partial charge in [-0.25, -0.2) is 14.2 Å². The van der Waals surface area contributed by atoms with Crippen molar-refractivity contribution in [2.24, 2.45) is 4.99 Å². The Balaban J connectivity index is 3.25. The fourth-order valence-corrected chi connectivity index (χ4v) is 1.34. The molecule has 0 spiro atoms. The van der Waals surface area contributed by atoms with Crippen molar-refractivity contribution in [3.63, 3.8) is 0 Å². The van der Waals surface area contributed by atoms with Crippen LogP contribution in [0.2, 0.25) is 0 Å². The highest BCUT2D eigenvalue weighted by atomic mass is 79.9. The number of rotatable bonds is 2. The van der Waals surface area contributed by atoms with Crippen LogP contribution in [0.15, 0.2) is 15.5 Å². The van der Waals surface area contributed by atoms with Gasteiger partial charge in [0.25, 0.3) is 0 Å².